The molecule has 0 saturated carbocycles. The zero-order valence-electron chi connectivity index (χ0n) is 12.5. The van der Waals surface area contributed by atoms with Gasteiger partial charge in [-0.25, -0.2) is 0 Å². The predicted octanol–water partition coefficient (Wildman–Crippen LogP) is 5.65. The summed E-state index contributed by atoms with van der Waals surface area (Å²) in [6, 6.07) is 4.31. The second-order valence-corrected chi connectivity index (χ2v) is 14.8. The number of rotatable bonds is 4. The van der Waals surface area contributed by atoms with Gasteiger partial charge in [0.05, 0.1) is 0 Å². The van der Waals surface area contributed by atoms with Crippen LogP contribution < -0.4 is 0 Å². The molecule has 0 radical (unpaired) electrons. The van der Waals surface area contributed by atoms with Crippen LogP contribution in [0.4, 0.5) is 0 Å². The van der Waals surface area contributed by atoms with E-state index in [-0.39, 0.29) is 0 Å². The fraction of sp³-hybridized carbons (Fsp3) is 0.312. The molecule has 3 heterocycles. The van der Waals surface area contributed by atoms with Gasteiger partial charge in [0.1, 0.15) is 0 Å². The van der Waals surface area contributed by atoms with E-state index < -0.39 is 0 Å². The molecule has 3 aliphatic rings. The zero-order valence-corrected chi connectivity index (χ0v) is 19.2. The van der Waals surface area contributed by atoms with E-state index in [1.165, 1.54) is 30.1 Å². The Balaban J connectivity index is 1.44. The minimum atomic E-state index is 0.554. The zero-order chi connectivity index (χ0) is 15.6. The summed E-state index contributed by atoms with van der Waals surface area (Å²) in [5.41, 5.74) is 1.42. The van der Waals surface area contributed by atoms with Crippen LogP contribution in [0.1, 0.15) is 24.8 Å². The van der Waals surface area contributed by atoms with E-state index in [1.54, 1.807) is 25.9 Å². The summed E-state index contributed by atoms with van der Waals surface area (Å²) in [6.07, 6.45) is 7.82. The average molecular weight is 507 g/mol. The molecule has 0 atom stereocenters. The van der Waals surface area contributed by atoms with Crippen molar-refractivity contribution < 1.29 is 0 Å². The molecule has 1 aliphatic carbocycles. The van der Waals surface area contributed by atoms with Crippen LogP contribution in [0.15, 0.2) is 50.4 Å². The van der Waals surface area contributed by atoms with E-state index in [4.69, 9.17) is 0 Å². The van der Waals surface area contributed by atoms with Gasteiger partial charge >= 0.3 is 168 Å². The Morgan fingerprint density at radius 2 is 1.61 bits per heavy atom. The summed E-state index contributed by atoms with van der Waals surface area (Å²) in [4.78, 5) is 7.45. The van der Waals surface area contributed by atoms with Gasteiger partial charge in [0, 0.05) is 0 Å². The molecule has 0 aromatic carbocycles. The van der Waals surface area contributed by atoms with Gasteiger partial charge in [-0.1, -0.05) is 0 Å². The van der Waals surface area contributed by atoms with E-state index in [2.05, 4.69) is 70.0 Å². The van der Waals surface area contributed by atoms with Gasteiger partial charge in [-0.05, 0) is 0 Å². The number of nitrogens with zero attached hydrogens (tertiary/aromatic N) is 1. The predicted molar refractivity (Wildman–Crippen MR) is 111 cm³/mol. The molecule has 0 fully saturated rings. The van der Waals surface area contributed by atoms with Crippen molar-refractivity contribution in [3.63, 3.8) is 0 Å². The Hall–Kier alpha value is 0.809. The fourth-order valence-corrected chi connectivity index (χ4v) is 15.1. The Bertz CT molecular complexity index is 694. The third kappa shape index (κ3) is 3.98. The maximum atomic E-state index is 4.12. The third-order valence-corrected chi connectivity index (χ3v) is 16.0. The van der Waals surface area contributed by atoms with Gasteiger partial charge in [-0.3, -0.25) is 0 Å². The molecule has 1 aromatic rings. The van der Waals surface area contributed by atoms with E-state index in [0.29, 0.717) is 29.9 Å². The quantitative estimate of drug-likeness (QED) is 0.488. The molecule has 0 spiro atoms. The number of thioether (sulfide) groups is 4. The van der Waals surface area contributed by atoms with Gasteiger partial charge in [0.25, 0.3) is 0 Å². The molecular formula is C16H15NS4Se2. The van der Waals surface area contributed by atoms with Crippen LogP contribution in [-0.2, 0) is 5.32 Å². The molecule has 1 aromatic heterocycles. The first-order chi connectivity index (χ1) is 11.3. The Labute approximate surface area is 167 Å². The van der Waals surface area contributed by atoms with Crippen LogP contribution in [0.2, 0.25) is 5.82 Å². The second-order valence-electron chi connectivity index (χ2n) is 5.11. The van der Waals surface area contributed by atoms with Crippen molar-refractivity contribution in [2.45, 2.75) is 30.4 Å². The van der Waals surface area contributed by atoms with E-state index in [1.807, 2.05) is 12.4 Å². The van der Waals surface area contributed by atoms with Crippen molar-refractivity contribution in [2.75, 3.05) is 0 Å². The molecule has 23 heavy (non-hydrogen) atoms. The summed E-state index contributed by atoms with van der Waals surface area (Å²) in [5, 5.41) is 1.19. The van der Waals surface area contributed by atoms with E-state index in [0.717, 1.165) is 0 Å². The maximum absolute atomic E-state index is 4.12. The number of allylic oxidation sites excluding steroid dienone is 2. The average Bonchev–Trinajstić information content (AvgIpc) is 3.27. The second kappa shape index (κ2) is 8.01. The molecule has 0 saturated heterocycles. The number of pyridine rings is 1. The Morgan fingerprint density at radius 1 is 0.957 bits per heavy atom. The molecule has 7 heteroatoms. The Morgan fingerprint density at radius 3 is 2.30 bits per heavy atom. The van der Waals surface area contributed by atoms with Crippen LogP contribution >= 0.6 is 47.0 Å². The number of hydrogen-bond donors (Lipinski definition) is 0. The van der Waals surface area contributed by atoms with Crippen molar-refractivity contribution in [3.8, 4) is 0 Å². The summed E-state index contributed by atoms with van der Waals surface area (Å²) < 4.78 is 6.49. The summed E-state index contributed by atoms with van der Waals surface area (Å²) in [6.45, 7) is 0. The molecule has 4 rings (SSSR count). The molecule has 120 valence electrons. The molecule has 0 N–H and O–H groups in total. The van der Waals surface area contributed by atoms with Gasteiger partial charge in [0.2, 0.25) is 0 Å². The van der Waals surface area contributed by atoms with Crippen LogP contribution in [0.3, 0.4) is 0 Å². The summed E-state index contributed by atoms with van der Waals surface area (Å²) in [7, 11) is 0. The summed E-state index contributed by atoms with van der Waals surface area (Å²) >= 11 is 9.45. The topological polar surface area (TPSA) is 12.9 Å². The minimum absolute atomic E-state index is 0.554. The van der Waals surface area contributed by atoms with Crippen molar-refractivity contribution in [3.05, 3.63) is 56.0 Å². The fourth-order valence-electron chi connectivity index (χ4n) is 2.43. The van der Waals surface area contributed by atoms with Gasteiger partial charge in [0.15, 0.2) is 0 Å². The molecule has 0 bridgehead atoms. The van der Waals surface area contributed by atoms with Gasteiger partial charge in [-0.15, -0.1) is 0 Å². The molecule has 1 nitrogen and oxygen atoms in total. The summed E-state index contributed by atoms with van der Waals surface area (Å²) in [5.74, 6) is 2.36. The SMILES string of the molecule is C[Se]C1=C([Se]Cc2ccncc2)SC(=C2SC3=C(CCC3)S2)S1. The number of hydrogen-bond acceptors (Lipinski definition) is 5. The van der Waals surface area contributed by atoms with Crippen molar-refractivity contribution in [2.24, 2.45) is 0 Å². The number of aromatic nitrogens is 1. The van der Waals surface area contributed by atoms with Gasteiger partial charge < -0.3 is 0 Å². The molecule has 2 aliphatic heterocycles. The molecular weight excluding hydrogens is 492 g/mol. The van der Waals surface area contributed by atoms with Crippen molar-refractivity contribution in [1.82, 2.24) is 4.98 Å². The monoisotopic (exact) mass is 509 g/mol. The van der Waals surface area contributed by atoms with Gasteiger partial charge in [-0.2, -0.15) is 0 Å². The standard InChI is InChI=1S/C16H15NS4Se2/c1-22-15-16(23-9-10-5-7-17-8-6-10)21-14(20-15)13-18-11-3-2-4-12(11)19-13/h5-8H,2-4,9H2,1H3. The van der Waals surface area contributed by atoms with Crippen molar-refractivity contribution >= 4 is 77.0 Å². The first-order valence-corrected chi connectivity index (χ1v) is 15.2. The van der Waals surface area contributed by atoms with E-state index >= 15 is 0 Å². The Kier molecular flexibility index (Phi) is 6.00. The van der Waals surface area contributed by atoms with E-state index in [9.17, 15) is 0 Å². The van der Waals surface area contributed by atoms with Crippen LogP contribution in [-0.4, -0.2) is 34.9 Å². The molecule has 0 unspecified atom stereocenters. The van der Waals surface area contributed by atoms with Crippen LogP contribution in [0.25, 0.3) is 0 Å². The van der Waals surface area contributed by atoms with Crippen LogP contribution in [0.5, 0.6) is 0 Å². The van der Waals surface area contributed by atoms with Crippen LogP contribution in [0, 0.1) is 0 Å². The first-order valence-electron chi connectivity index (χ1n) is 7.31. The van der Waals surface area contributed by atoms with Crippen molar-refractivity contribution in [1.29, 1.82) is 0 Å². The normalized spacial score (nSPS) is 20.9. The third-order valence-electron chi connectivity index (χ3n) is 3.56. The molecule has 0 amide bonds. The first kappa shape index (κ1) is 17.2.